The summed E-state index contributed by atoms with van der Waals surface area (Å²) >= 11 is 0. The van der Waals surface area contributed by atoms with Crippen LogP contribution < -0.4 is 16.0 Å². The molecule has 0 aromatic heterocycles. The molecule has 0 saturated heterocycles. The number of hydrazine groups is 1. The van der Waals surface area contributed by atoms with Gasteiger partial charge in [0.25, 0.3) is 0 Å². The van der Waals surface area contributed by atoms with Crippen molar-refractivity contribution in [3.8, 4) is 5.75 Å². The van der Waals surface area contributed by atoms with Gasteiger partial charge in [0.1, 0.15) is 0 Å². The van der Waals surface area contributed by atoms with Crippen LogP contribution in [0.25, 0.3) is 0 Å². The molecule has 5 heteroatoms. The molecule has 0 aliphatic heterocycles. The molecule has 0 aliphatic rings. The molecule has 1 aromatic carbocycles. The third kappa shape index (κ3) is 4.40. The summed E-state index contributed by atoms with van der Waals surface area (Å²) in [6.07, 6.45) is 2.68. The van der Waals surface area contributed by atoms with E-state index < -0.39 is 0 Å². The summed E-state index contributed by atoms with van der Waals surface area (Å²) in [7, 11) is 1.43. The predicted molar refractivity (Wildman–Crippen MR) is 62.8 cm³/mol. The molecule has 0 aliphatic carbocycles. The molecule has 1 amide bonds. The fraction of sp³-hybridized carbons (Fsp3) is 0.417. The Morgan fingerprint density at radius 2 is 2.24 bits per heavy atom. The van der Waals surface area contributed by atoms with Crippen molar-refractivity contribution in [3.63, 3.8) is 0 Å². The van der Waals surface area contributed by atoms with E-state index in [1.165, 1.54) is 13.2 Å². The van der Waals surface area contributed by atoms with Gasteiger partial charge < -0.3 is 4.74 Å². The SMILES string of the molecule is COc1ccc(CCCCC(=O)NN)cc1F. The van der Waals surface area contributed by atoms with E-state index in [2.05, 4.69) is 5.43 Å². The number of carbonyl (C=O) groups is 1. The number of nitrogens with one attached hydrogen (secondary N) is 1. The maximum Gasteiger partial charge on any atom is 0.233 e. The molecule has 0 bridgehead atoms. The van der Waals surface area contributed by atoms with Crippen LogP contribution in [0.5, 0.6) is 5.75 Å². The summed E-state index contributed by atoms with van der Waals surface area (Å²) in [5.41, 5.74) is 2.97. The number of amides is 1. The molecule has 0 fully saturated rings. The third-order valence-electron chi connectivity index (χ3n) is 2.50. The first-order valence-corrected chi connectivity index (χ1v) is 5.49. The van der Waals surface area contributed by atoms with Crippen LogP contribution in [0, 0.1) is 5.82 Å². The molecule has 17 heavy (non-hydrogen) atoms. The number of carbonyl (C=O) groups excluding carboxylic acids is 1. The van der Waals surface area contributed by atoms with E-state index in [1.54, 1.807) is 6.07 Å². The number of ether oxygens (including phenoxy) is 1. The van der Waals surface area contributed by atoms with Gasteiger partial charge in [-0.05, 0) is 37.0 Å². The number of benzene rings is 1. The fourth-order valence-electron chi connectivity index (χ4n) is 1.55. The first-order chi connectivity index (χ1) is 8.17. The lowest BCUT2D eigenvalue weighted by atomic mass is 10.1. The summed E-state index contributed by atoms with van der Waals surface area (Å²) < 4.78 is 18.2. The van der Waals surface area contributed by atoms with Gasteiger partial charge in [0.15, 0.2) is 11.6 Å². The lowest BCUT2D eigenvalue weighted by Gasteiger charge is -2.05. The van der Waals surface area contributed by atoms with E-state index in [-0.39, 0.29) is 17.5 Å². The van der Waals surface area contributed by atoms with Crippen molar-refractivity contribution in [1.29, 1.82) is 0 Å². The lowest BCUT2D eigenvalue weighted by molar-refractivity contribution is -0.121. The molecule has 1 aromatic rings. The number of nitrogens with two attached hydrogens (primary N) is 1. The highest BCUT2D eigenvalue weighted by atomic mass is 19.1. The van der Waals surface area contributed by atoms with Crippen LogP contribution >= 0.6 is 0 Å². The Kier molecular flexibility index (Phi) is 5.42. The molecule has 1 rings (SSSR count). The number of aryl methyl sites for hydroxylation is 1. The predicted octanol–water partition coefficient (Wildman–Crippen LogP) is 1.54. The largest absolute Gasteiger partial charge is 0.494 e. The van der Waals surface area contributed by atoms with Crippen molar-refractivity contribution in [2.75, 3.05) is 7.11 Å². The molecular formula is C12H17FN2O2. The van der Waals surface area contributed by atoms with Crippen molar-refractivity contribution in [3.05, 3.63) is 29.6 Å². The molecular weight excluding hydrogens is 223 g/mol. The molecule has 0 atom stereocenters. The number of methoxy groups -OCH3 is 1. The molecule has 3 N–H and O–H groups in total. The Hall–Kier alpha value is -1.62. The Morgan fingerprint density at radius 1 is 1.47 bits per heavy atom. The molecule has 94 valence electrons. The van der Waals surface area contributed by atoms with Crippen molar-refractivity contribution in [2.45, 2.75) is 25.7 Å². The first kappa shape index (κ1) is 13.4. The minimum absolute atomic E-state index is 0.175. The van der Waals surface area contributed by atoms with Crippen molar-refractivity contribution in [1.82, 2.24) is 5.43 Å². The van der Waals surface area contributed by atoms with Gasteiger partial charge in [-0.3, -0.25) is 10.2 Å². The maximum atomic E-state index is 13.3. The standard InChI is InChI=1S/C12H17FN2O2/c1-17-11-7-6-9(8-10(11)13)4-2-3-5-12(16)15-14/h6-8H,2-5,14H2,1H3,(H,15,16). The van der Waals surface area contributed by atoms with Gasteiger partial charge in [-0.15, -0.1) is 0 Å². The van der Waals surface area contributed by atoms with Crippen LogP contribution in [-0.2, 0) is 11.2 Å². The molecule has 0 saturated carbocycles. The molecule has 0 spiro atoms. The summed E-state index contributed by atoms with van der Waals surface area (Å²) in [5.74, 6) is 4.67. The smallest absolute Gasteiger partial charge is 0.233 e. The molecule has 0 radical (unpaired) electrons. The Balaban J connectivity index is 2.37. The molecule has 4 nitrogen and oxygen atoms in total. The summed E-state index contributed by atoms with van der Waals surface area (Å²) in [6.45, 7) is 0. The average molecular weight is 240 g/mol. The normalized spacial score (nSPS) is 10.1. The zero-order valence-electron chi connectivity index (χ0n) is 9.83. The van der Waals surface area contributed by atoms with Crippen LogP contribution in [0.15, 0.2) is 18.2 Å². The van der Waals surface area contributed by atoms with E-state index >= 15 is 0 Å². The highest BCUT2D eigenvalue weighted by Crippen LogP contribution is 2.18. The monoisotopic (exact) mass is 240 g/mol. The van der Waals surface area contributed by atoms with Gasteiger partial charge in [0.2, 0.25) is 5.91 Å². The Morgan fingerprint density at radius 3 is 2.82 bits per heavy atom. The highest BCUT2D eigenvalue weighted by molar-refractivity contribution is 5.75. The highest BCUT2D eigenvalue weighted by Gasteiger charge is 2.04. The van der Waals surface area contributed by atoms with E-state index in [0.717, 1.165) is 24.8 Å². The van der Waals surface area contributed by atoms with Crippen molar-refractivity contribution < 1.29 is 13.9 Å². The Bertz CT molecular complexity index is 383. The third-order valence-corrected chi connectivity index (χ3v) is 2.50. The maximum absolute atomic E-state index is 13.3. The minimum Gasteiger partial charge on any atom is -0.494 e. The molecule has 0 heterocycles. The second-order valence-electron chi connectivity index (χ2n) is 3.74. The summed E-state index contributed by atoms with van der Waals surface area (Å²) in [6, 6.07) is 4.89. The first-order valence-electron chi connectivity index (χ1n) is 5.49. The quantitative estimate of drug-likeness (QED) is 0.343. The lowest BCUT2D eigenvalue weighted by Crippen LogP contribution is -2.29. The number of rotatable bonds is 6. The summed E-state index contributed by atoms with van der Waals surface area (Å²) in [5, 5.41) is 0. The topological polar surface area (TPSA) is 64.3 Å². The summed E-state index contributed by atoms with van der Waals surface area (Å²) in [4.78, 5) is 10.8. The van der Waals surface area contributed by atoms with Crippen molar-refractivity contribution in [2.24, 2.45) is 5.84 Å². The van der Waals surface area contributed by atoms with E-state index in [9.17, 15) is 9.18 Å². The van der Waals surface area contributed by atoms with E-state index in [4.69, 9.17) is 10.6 Å². The van der Waals surface area contributed by atoms with E-state index in [0.29, 0.717) is 6.42 Å². The van der Waals surface area contributed by atoms with Crippen LogP contribution in [0.4, 0.5) is 4.39 Å². The van der Waals surface area contributed by atoms with Crippen LogP contribution in [0.1, 0.15) is 24.8 Å². The number of hydrogen-bond acceptors (Lipinski definition) is 3. The number of hydrogen-bond donors (Lipinski definition) is 2. The van der Waals surface area contributed by atoms with Gasteiger partial charge >= 0.3 is 0 Å². The van der Waals surface area contributed by atoms with Gasteiger partial charge in [0.05, 0.1) is 7.11 Å². The van der Waals surface area contributed by atoms with Gasteiger partial charge in [-0.25, -0.2) is 10.2 Å². The van der Waals surface area contributed by atoms with Gasteiger partial charge in [-0.2, -0.15) is 0 Å². The molecule has 0 unspecified atom stereocenters. The van der Waals surface area contributed by atoms with E-state index in [1.807, 2.05) is 6.07 Å². The van der Waals surface area contributed by atoms with Gasteiger partial charge in [-0.1, -0.05) is 6.07 Å². The zero-order valence-corrected chi connectivity index (χ0v) is 9.83. The second kappa shape index (κ2) is 6.85. The zero-order chi connectivity index (χ0) is 12.7. The van der Waals surface area contributed by atoms with Gasteiger partial charge in [0, 0.05) is 6.42 Å². The Labute approximate surface area is 99.9 Å². The number of halogens is 1. The van der Waals surface area contributed by atoms with Crippen LogP contribution in [0.3, 0.4) is 0 Å². The van der Waals surface area contributed by atoms with Crippen LogP contribution in [-0.4, -0.2) is 13.0 Å². The average Bonchev–Trinajstić information content (AvgIpc) is 2.34. The number of unbranched alkanes of at least 4 members (excludes halogenated alkanes) is 1. The second-order valence-corrected chi connectivity index (χ2v) is 3.74. The fourth-order valence-corrected chi connectivity index (χ4v) is 1.55. The van der Waals surface area contributed by atoms with Crippen LogP contribution in [0.2, 0.25) is 0 Å². The minimum atomic E-state index is -0.357. The van der Waals surface area contributed by atoms with Crippen molar-refractivity contribution >= 4 is 5.91 Å².